The quantitative estimate of drug-likeness (QED) is 0.576. The first kappa shape index (κ1) is 8.39. The standard InChI is InChI=1S/C6H15OP/c1-3-6(2,4-7)5-8/h7H,3-5,8H2,1-2H3. The smallest absolute Gasteiger partial charge is 0.0487 e. The zero-order chi connectivity index (χ0) is 6.62. The lowest BCUT2D eigenvalue weighted by Gasteiger charge is -2.22. The van der Waals surface area contributed by atoms with Crippen LogP contribution in [0.15, 0.2) is 0 Å². The maximum absolute atomic E-state index is 8.77. The molecule has 0 rings (SSSR count). The molecule has 0 aromatic rings. The first-order valence-corrected chi connectivity index (χ1v) is 3.81. The minimum Gasteiger partial charge on any atom is -0.396 e. The number of hydrogen-bond acceptors (Lipinski definition) is 1. The molecule has 1 nitrogen and oxygen atoms in total. The first-order chi connectivity index (χ1) is 3.68. The summed E-state index contributed by atoms with van der Waals surface area (Å²) in [5.74, 6) is 0. The minimum atomic E-state index is 0.144. The molecule has 2 unspecified atom stereocenters. The van der Waals surface area contributed by atoms with Gasteiger partial charge in [-0.1, -0.05) is 13.8 Å². The van der Waals surface area contributed by atoms with E-state index < -0.39 is 0 Å². The molecule has 0 spiro atoms. The molecule has 2 heteroatoms. The van der Waals surface area contributed by atoms with Crippen molar-refractivity contribution in [1.82, 2.24) is 0 Å². The van der Waals surface area contributed by atoms with E-state index in [-0.39, 0.29) is 5.41 Å². The largest absolute Gasteiger partial charge is 0.396 e. The Balaban J connectivity index is 3.58. The fourth-order valence-corrected chi connectivity index (χ4v) is 0.738. The molecule has 0 amide bonds. The zero-order valence-electron chi connectivity index (χ0n) is 5.65. The molecule has 1 N–H and O–H groups in total. The van der Waals surface area contributed by atoms with E-state index in [1.807, 2.05) is 0 Å². The molecular weight excluding hydrogens is 119 g/mol. The molecule has 0 heterocycles. The van der Waals surface area contributed by atoms with Crippen molar-refractivity contribution in [3.63, 3.8) is 0 Å². The highest BCUT2D eigenvalue weighted by atomic mass is 31.0. The van der Waals surface area contributed by atoms with E-state index in [9.17, 15) is 0 Å². The second kappa shape index (κ2) is 3.42. The van der Waals surface area contributed by atoms with Crippen LogP contribution >= 0.6 is 9.24 Å². The number of aliphatic hydroxyl groups is 1. The molecule has 0 bridgehead atoms. The zero-order valence-corrected chi connectivity index (χ0v) is 6.80. The molecule has 0 aliphatic carbocycles. The fraction of sp³-hybridized carbons (Fsp3) is 1.00. The third-order valence-electron chi connectivity index (χ3n) is 1.73. The summed E-state index contributed by atoms with van der Waals surface area (Å²) in [6, 6.07) is 0. The van der Waals surface area contributed by atoms with Crippen LogP contribution in [-0.2, 0) is 0 Å². The van der Waals surface area contributed by atoms with Crippen molar-refractivity contribution in [2.45, 2.75) is 20.3 Å². The van der Waals surface area contributed by atoms with Crippen molar-refractivity contribution in [2.24, 2.45) is 5.41 Å². The number of aliphatic hydroxyl groups excluding tert-OH is 1. The molecule has 50 valence electrons. The summed E-state index contributed by atoms with van der Waals surface area (Å²) in [5, 5.41) is 8.77. The van der Waals surface area contributed by atoms with Crippen molar-refractivity contribution in [3.05, 3.63) is 0 Å². The van der Waals surface area contributed by atoms with E-state index in [0.717, 1.165) is 12.6 Å². The van der Waals surface area contributed by atoms with Crippen LogP contribution in [-0.4, -0.2) is 17.9 Å². The maximum Gasteiger partial charge on any atom is 0.0487 e. The first-order valence-electron chi connectivity index (χ1n) is 2.99. The van der Waals surface area contributed by atoms with Gasteiger partial charge in [0.05, 0.1) is 0 Å². The Kier molecular flexibility index (Phi) is 3.59. The van der Waals surface area contributed by atoms with Crippen molar-refractivity contribution < 1.29 is 5.11 Å². The Hall–Kier alpha value is 0.390. The lowest BCUT2D eigenvalue weighted by molar-refractivity contribution is 0.160. The molecule has 2 atom stereocenters. The predicted molar refractivity (Wildman–Crippen MR) is 40.1 cm³/mol. The summed E-state index contributed by atoms with van der Waals surface area (Å²) in [4.78, 5) is 0. The van der Waals surface area contributed by atoms with Gasteiger partial charge in [0.15, 0.2) is 0 Å². The third-order valence-corrected chi connectivity index (χ3v) is 2.71. The van der Waals surface area contributed by atoms with Gasteiger partial charge in [-0.15, -0.1) is 9.24 Å². The Bertz CT molecular complexity index is 51.3. The molecular formula is C6H15OP. The molecule has 0 aliphatic heterocycles. The van der Waals surface area contributed by atoms with Gasteiger partial charge < -0.3 is 5.11 Å². The van der Waals surface area contributed by atoms with Crippen LogP contribution in [0, 0.1) is 5.41 Å². The number of hydrogen-bond donors (Lipinski definition) is 1. The van der Waals surface area contributed by atoms with Gasteiger partial charge in [-0.05, 0) is 18.0 Å². The lowest BCUT2D eigenvalue weighted by atomic mass is 9.91. The Morgan fingerprint density at radius 1 is 1.62 bits per heavy atom. The van der Waals surface area contributed by atoms with Crippen LogP contribution in [0.1, 0.15) is 20.3 Å². The fourth-order valence-electron chi connectivity index (χ4n) is 0.321. The normalized spacial score (nSPS) is 18.0. The molecule has 0 aromatic heterocycles. The number of rotatable bonds is 3. The lowest BCUT2D eigenvalue weighted by Crippen LogP contribution is -2.21. The SMILES string of the molecule is CCC(C)(CO)CP. The Morgan fingerprint density at radius 3 is 2.12 bits per heavy atom. The maximum atomic E-state index is 8.77. The second-order valence-electron chi connectivity index (χ2n) is 2.53. The molecule has 0 radical (unpaired) electrons. The van der Waals surface area contributed by atoms with E-state index in [4.69, 9.17) is 5.11 Å². The van der Waals surface area contributed by atoms with Gasteiger partial charge in [0.1, 0.15) is 0 Å². The van der Waals surface area contributed by atoms with Crippen molar-refractivity contribution in [1.29, 1.82) is 0 Å². The van der Waals surface area contributed by atoms with Crippen molar-refractivity contribution >= 4 is 9.24 Å². The highest BCUT2D eigenvalue weighted by molar-refractivity contribution is 7.16. The molecule has 0 aromatic carbocycles. The summed E-state index contributed by atoms with van der Waals surface area (Å²) in [7, 11) is 2.65. The van der Waals surface area contributed by atoms with E-state index in [2.05, 4.69) is 23.1 Å². The van der Waals surface area contributed by atoms with Gasteiger partial charge >= 0.3 is 0 Å². The second-order valence-corrected chi connectivity index (χ2v) is 2.93. The van der Waals surface area contributed by atoms with Crippen LogP contribution in [0.2, 0.25) is 0 Å². The van der Waals surface area contributed by atoms with Gasteiger partial charge in [0.25, 0.3) is 0 Å². The highest BCUT2D eigenvalue weighted by Gasteiger charge is 2.17. The van der Waals surface area contributed by atoms with E-state index in [1.165, 1.54) is 0 Å². The third kappa shape index (κ3) is 2.11. The Labute approximate surface area is 53.7 Å². The van der Waals surface area contributed by atoms with Gasteiger partial charge in [0.2, 0.25) is 0 Å². The van der Waals surface area contributed by atoms with Gasteiger partial charge in [-0.2, -0.15) is 0 Å². The molecule has 0 saturated carbocycles. The van der Waals surface area contributed by atoms with E-state index in [0.29, 0.717) is 6.61 Å². The average molecular weight is 134 g/mol. The van der Waals surface area contributed by atoms with Crippen LogP contribution in [0.5, 0.6) is 0 Å². The van der Waals surface area contributed by atoms with E-state index in [1.54, 1.807) is 0 Å². The van der Waals surface area contributed by atoms with Crippen LogP contribution < -0.4 is 0 Å². The molecule has 0 saturated heterocycles. The highest BCUT2D eigenvalue weighted by Crippen LogP contribution is 2.21. The van der Waals surface area contributed by atoms with Crippen LogP contribution in [0.3, 0.4) is 0 Å². The molecule has 0 aliphatic rings. The summed E-state index contributed by atoms with van der Waals surface area (Å²) >= 11 is 0. The summed E-state index contributed by atoms with van der Waals surface area (Å²) in [5.41, 5.74) is 0.144. The van der Waals surface area contributed by atoms with Crippen molar-refractivity contribution in [3.8, 4) is 0 Å². The van der Waals surface area contributed by atoms with E-state index >= 15 is 0 Å². The van der Waals surface area contributed by atoms with Crippen molar-refractivity contribution in [2.75, 3.05) is 12.8 Å². The van der Waals surface area contributed by atoms with Gasteiger partial charge in [0, 0.05) is 6.61 Å². The summed E-state index contributed by atoms with van der Waals surface area (Å²) in [6.45, 7) is 4.48. The monoisotopic (exact) mass is 134 g/mol. The summed E-state index contributed by atoms with van der Waals surface area (Å²) in [6.07, 6.45) is 2.03. The predicted octanol–water partition coefficient (Wildman–Crippen LogP) is 1.27. The van der Waals surface area contributed by atoms with Gasteiger partial charge in [-0.3, -0.25) is 0 Å². The van der Waals surface area contributed by atoms with Crippen LogP contribution in [0.25, 0.3) is 0 Å². The minimum absolute atomic E-state index is 0.144. The Morgan fingerprint density at radius 2 is 2.12 bits per heavy atom. The van der Waals surface area contributed by atoms with Crippen LogP contribution in [0.4, 0.5) is 0 Å². The molecule has 0 fully saturated rings. The van der Waals surface area contributed by atoms with Gasteiger partial charge in [-0.25, -0.2) is 0 Å². The summed E-state index contributed by atoms with van der Waals surface area (Å²) < 4.78 is 0. The molecule has 8 heavy (non-hydrogen) atoms. The average Bonchev–Trinajstić information content (AvgIpc) is 1.87. The topological polar surface area (TPSA) is 20.2 Å².